The van der Waals surface area contributed by atoms with Gasteiger partial charge in [-0.25, -0.2) is 10.1 Å². The Bertz CT molecular complexity index is 1290. The standard InChI is InChI=1S/C23H24N8O3/c1-4-33-18-11-9-17(10-12-18)20-19(26-30-31(20)22-21(24)28-34-29-22)23(32)27-25-13-15-5-7-16(8-6-15)14(2)3/h5-14H,4H2,1-3H3,(H2,24,28)(H,27,32)/b25-13-. The Morgan fingerprint density at radius 3 is 2.53 bits per heavy atom. The van der Waals surface area contributed by atoms with Crippen molar-refractivity contribution in [1.29, 1.82) is 0 Å². The summed E-state index contributed by atoms with van der Waals surface area (Å²) >= 11 is 0. The lowest BCUT2D eigenvalue weighted by Gasteiger charge is -2.07. The molecule has 11 heteroatoms. The van der Waals surface area contributed by atoms with Crippen LogP contribution in [0.5, 0.6) is 5.75 Å². The molecule has 0 aliphatic rings. The number of rotatable bonds is 8. The quantitative estimate of drug-likeness (QED) is 0.301. The maximum atomic E-state index is 13.0. The van der Waals surface area contributed by atoms with Gasteiger partial charge in [0.2, 0.25) is 11.6 Å². The summed E-state index contributed by atoms with van der Waals surface area (Å²) in [7, 11) is 0. The Hall–Kier alpha value is -4.54. The SMILES string of the molecule is CCOc1ccc(-c2c(C(=O)N/N=C\c3ccc(C(C)C)cc3)nnn2-c2nonc2N)cc1. The van der Waals surface area contributed by atoms with Crippen LogP contribution in [0.2, 0.25) is 0 Å². The zero-order valence-corrected chi connectivity index (χ0v) is 19.0. The Labute approximate surface area is 195 Å². The number of hydrogen-bond acceptors (Lipinski definition) is 9. The minimum absolute atomic E-state index is 0.00640. The summed E-state index contributed by atoms with van der Waals surface area (Å²) in [5.41, 5.74) is 11.4. The predicted molar refractivity (Wildman–Crippen MR) is 126 cm³/mol. The fourth-order valence-electron chi connectivity index (χ4n) is 3.24. The van der Waals surface area contributed by atoms with E-state index >= 15 is 0 Å². The zero-order valence-electron chi connectivity index (χ0n) is 19.0. The minimum atomic E-state index is -0.555. The maximum absolute atomic E-state index is 13.0. The Morgan fingerprint density at radius 2 is 1.91 bits per heavy atom. The molecule has 1 amide bonds. The van der Waals surface area contributed by atoms with Gasteiger partial charge in [-0.15, -0.1) is 5.10 Å². The first-order chi connectivity index (χ1) is 16.5. The molecule has 0 radical (unpaired) electrons. The monoisotopic (exact) mass is 460 g/mol. The van der Waals surface area contributed by atoms with E-state index in [0.717, 1.165) is 5.56 Å². The smallest absolute Gasteiger partial charge is 0.294 e. The highest BCUT2D eigenvalue weighted by Crippen LogP contribution is 2.28. The third-order valence-electron chi connectivity index (χ3n) is 5.00. The van der Waals surface area contributed by atoms with Crippen molar-refractivity contribution in [2.45, 2.75) is 26.7 Å². The number of carbonyl (C=O) groups excluding carboxylic acids is 1. The molecular formula is C23H24N8O3. The third-order valence-corrected chi connectivity index (χ3v) is 5.00. The summed E-state index contributed by atoms with van der Waals surface area (Å²) < 4.78 is 11.5. The van der Waals surface area contributed by atoms with Crippen molar-refractivity contribution >= 4 is 17.9 Å². The number of nitrogen functional groups attached to an aromatic ring is 1. The van der Waals surface area contributed by atoms with Crippen LogP contribution in [-0.4, -0.2) is 44.0 Å². The molecular weight excluding hydrogens is 436 g/mol. The van der Waals surface area contributed by atoms with E-state index in [1.165, 1.54) is 10.2 Å². The van der Waals surface area contributed by atoms with Crippen LogP contribution < -0.4 is 15.9 Å². The van der Waals surface area contributed by atoms with Gasteiger partial charge in [0.1, 0.15) is 11.4 Å². The van der Waals surface area contributed by atoms with Crippen molar-refractivity contribution in [2.75, 3.05) is 12.3 Å². The predicted octanol–water partition coefficient (Wildman–Crippen LogP) is 3.19. The van der Waals surface area contributed by atoms with Crippen LogP contribution in [0, 0.1) is 0 Å². The van der Waals surface area contributed by atoms with Crippen molar-refractivity contribution in [3.05, 3.63) is 65.4 Å². The first kappa shape index (κ1) is 22.6. The second kappa shape index (κ2) is 9.94. The van der Waals surface area contributed by atoms with Crippen molar-refractivity contribution in [1.82, 2.24) is 30.7 Å². The van der Waals surface area contributed by atoms with Gasteiger partial charge < -0.3 is 10.5 Å². The molecule has 0 saturated heterocycles. The Morgan fingerprint density at radius 1 is 1.18 bits per heavy atom. The fourth-order valence-corrected chi connectivity index (χ4v) is 3.24. The molecule has 0 spiro atoms. The molecule has 174 valence electrons. The van der Waals surface area contributed by atoms with E-state index < -0.39 is 5.91 Å². The number of carbonyl (C=O) groups is 1. The van der Waals surface area contributed by atoms with E-state index in [9.17, 15) is 4.79 Å². The van der Waals surface area contributed by atoms with Gasteiger partial charge in [-0.05, 0) is 58.5 Å². The van der Waals surface area contributed by atoms with Gasteiger partial charge in [-0.3, -0.25) is 4.79 Å². The molecule has 34 heavy (non-hydrogen) atoms. The second-order valence-electron chi connectivity index (χ2n) is 7.65. The number of benzene rings is 2. The van der Waals surface area contributed by atoms with E-state index in [0.29, 0.717) is 29.5 Å². The van der Waals surface area contributed by atoms with Gasteiger partial charge in [0.05, 0.1) is 12.8 Å². The number of nitrogens with two attached hydrogens (primary N) is 1. The lowest BCUT2D eigenvalue weighted by molar-refractivity contribution is 0.0950. The Kier molecular flexibility index (Phi) is 6.62. The van der Waals surface area contributed by atoms with Crippen LogP contribution in [0.1, 0.15) is 48.3 Å². The van der Waals surface area contributed by atoms with Crippen LogP contribution in [0.15, 0.2) is 58.3 Å². The van der Waals surface area contributed by atoms with E-state index in [-0.39, 0.29) is 17.3 Å². The highest BCUT2D eigenvalue weighted by Gasteiger charge is 2.25. The van der Waals surface area contributed by atoms with Gasteiger partial charge in [-0.2, -0.15) is 9.78 Å². The van der Waals surface area contributed by atoms with E-state index in [4.69, 9.17) is 15.1 Å². The van der Waals surface area contributed by atoms with Gasteiger partial charge >= 0.3 is 0 Å². The molecule has 11 nitrogen and oxygen atoms in total. The normalized spacial score (nSPS) is 11.3. The van der Waals surface area contributed by atoms with Crippen LogP contribution >= 0.6 is 0 Å². The summed E-state index contributed by atoms with van der Waals surface area (Å²) in [6, 6.07) is 15.0. The van der Waals surface area contributed by atoms with Crippen molar-refractivity contribution < 1.29 is 14.2 Å². The number of hydrazone groups is 1. The van der Waals surface area contributed by atoms with Crippen LogP contribution in [0.3, 0.4) is 0 Å². The van der Waals surface area contributed by atoms with Crippen LogP contribution in [0.25, 0.3) is 17.1 Å². The first-order valence-corrected chi connectivity index (χ1v) is 10.7. The summed E-state index contributed by atoms with van der Waals surface area (Å²) in [6.07, 6.45) is 1.56. The number of ether oxygens (including phenoxy) is 1. The molecule has 0 bridgehead atoms. The van der Waals surface area contributed by atoms with E-state index in [1.807, 2.05) is 31.2 Å². The molecule has 0 fully saturated rings. The van der Waals surface area contributed by atoms with Gasteiger partial charge in [-0.1, -0.05) is 43.3 Å². The largest absolute Gasteiger partial charge is 0.494 e. The number of nitrogens with one attached hydrogen (secondary N) is 1. The van der Waals surface area contributed by atoms with Crippen molar-refractivity contribution in [3.63, 3.8) is 0 Å². The summed E-state index contributed by atoms with van der Waals surface area (Å²) in [5.74, 6) is 0.687. The zero-order chi connectivity index (χ0) is 24.1. The van der Waals surface area contributed by atoms with Gasteiger partial charge in [0.15, 0.2) is 5.69 Å². The molecule has 0 aliphatic heterocycles. The first-order valence-electron chi connectivity index (χ1n) is 10.7. The van der Waals surface area contributed by atoms with Crippen molar-refractivity contribution in [3.8, 4) is 22.8 Å². The second-order valence-corrected chi connectivity index (χ2v) is 7.65. The highest BCUT2D eigenvalue weighted by molar-refractivity contribution is 5.98. The fraction of sp³-hybridized carbons (Fsp3) is 0.217. The maximum Gasteiger partial charge on any atom is 0.294 e. The number of aromatic nitrogens is 5. The molecule has 4 aromatic rings. The lowest BCUT2D eigenvalue weighted by atomic mass is 10.0. The summed E-state index contributed by atoms with van der Waals surface area (Å²) in [6.45, 7) is 6.68. The minimum Gasteiger partial charge on any atom is -0.494 e. The molecule has 2 heterocycles. The topological polar surface area (TPSA) is 146 Å². The number of anilines is 1. The average molecular weight is 460 g/mol. The number of nitrogens with zero attached hydrogens (tertiary/aromatic N) is 6. The summed E-state index contributed by atoms with van der Waals surface area (Å²) in [5, 5.41) is 19.5. The average Bonchev–Trinajstić information content (AvgIpc) is 3.46. The van der Waals surface area contributed by atoms with Crippen molar-refractivity contribution in [2.24, 2.45) is 5.10 Å². The van der Waals surface area contributed by atoms with E-state index in [2.05, 4.69) is 45.0 Å². The molecule has 3 N–H and O–H groups in total. The van der Waals surface area contributed by atoms with E-state index in [1.54, 1.807) is 30.5 Å². The number of amides is 1. The summed E-state index contributed by atoms with van der Waals surface area (Å²) in [4.78, 5) is 13.0. The highest BCUT2D eigenvalue weighted by atomic mass is 16.6. The van der Waals surface area contributed by atoms with Crippen LogP contribution in [-0.2, 0) is 0 Å². The molecule has 0 aliphatic carbocycles. The Balaban J connectivity index is 1.62. The van der Waals surface area contributed by atoms with Gasteiger partial charge in [0.25, 0.3) is 5.91 Å². The molecule has 2 aromatic heterocycles. The lowest BCUT2D eigenvalue weighted by Crippen LogP contribution is -2.19. The molecule has 2 aromatic carbocycles. The van der Waals surface area contributed by atoms with Gasteiger partial charge in [0, 0.05) is 5.56 Å². The molecule has 0 atom stereocenters. The molecule has 0 unspecified atom stereocenters. The third kappa shape index (κ3) is 4.77. The van der Waals surface area contributed by atoms with Crippen LogP contribution in [0.4, 0.5) is 5.82 Å². The number of hydrogen-bond donors (Lipinski definition) is 2. The molecule has 0 saturated carbocycles. The molecule has 4 rings (SSSR count).